The summed E-state index contributed by atoms with van der Waals surface area (Å²) in [5.41, 5.74) is 2.54. The quantitative estimate of drug-likeness (QED) is 0.942. The molecule has 2 aromatic heterocycles. The molecule has 0 saturated heterocycles. The van der Waals surface area contributed by atoms with Crippen LogP contribution in [0.4, 0.5) is 5.69 Å². The number of nitrogens with zero attached hydrogens (tertiary/aromatic N) is 3. The van der Waals surface area contributed by atoms with Crippen molar-refractivity contribution >= 4 is 22.6 Å². The fourth-order valence-corrected chi connectivity index (χ4v) is 3.24. The Balaban J connectivity index is 1.69. The number of nitrogens with one attached hydrogen (secondary N) is 1. The van der Waals surface area contributed by atoms with Crippen LogP contribution in [-0.4, -0.2) is 20.7 Å². The molecule has 0 spiro atoms. The Morgan fingerprint density at radius 2 is 2.14 bits per heavy atom. The molecule has 1 aliphatic carbocycles. The van der Waals surface area contributed by atoms with Crippen LogP contribution in [-0.2, 0) is 11.8 Å². The zero-order valence-electron chi connectivity index (χ0n) is 12.7. The van der Waals surface area contributed by atoms with Gasteiger partial charge >= 0.3 is 0 Å². The maximum Gasteiger partial charge on any atom is 0.224 e. The highest BCUT2D eigenvalue weighted by molar-refractivity contribution is 5.93. The second kappa shape index (κ2) is 5.84. The maximum atomic E-state index is 12.1. The van der Waals surface area contributed by atoms with E-state index >= 15 is 0 Å². The number of rotatable bonds is 3. The molecule has 1 saturated carbocycles. The molecule has 2 aromatic rings. The van der Waals surface area contributed by atoms with Crippen molar-refractivity contribution in [1.29, 1.82) is 0 Å². The number of amides is 1. The molecule has 2 heterocycles. The van der Waals surface area contributed by atoms with E-state index < -0.39 is 0 Å². The molecule has 0 unspecified atom stereocenters. The average Bonchev–Trinajstić information content (AvgIpc) is 2.74. The molecule has 1 N–H and O–H groups in total. The fourth-order valence-electron chi connectivity index (χ4n) is 3.24. The van der Waals surface area contributed by atoms with E-state index in [2.05, 4.69) is 15.4 Å². The number of aromatic nitrogens is 3. The van der Waals surface area contributed by atoms with Gasteiger partial charge in [-0.25, -0.2) is 4.98 Å². The van der Waals surface area contributed by atoms with Crippen molar-refractivity contribution in [1.82, 2.24) is 14.8 Å². The van der Waals surface area contributed by atoms with E-state index in [1.54, 1.807) is 10.9 Å². The first-order valence-corrected chi connectivity index (χ1v) is 7.72. The van der Waals surface area contributed by atoms with Crippen LogP contribution in [0, 0.1) is 12.8 Å². The van der Waals surface area contributed by atoms with Crippen molar-refractivity contribution in [3.8, 4) is 0 Å². The molecule has 21 heavy (non-hydrogen) atoms. The van der Waals surface area contributed by atoms with Gasteiger partial charge in [0.1, 0.15) is 0 Å². The van der Waals surface area contributed by atoms with Gasteiger partial charge in [0.25, 0.3) is 0 Å². The summed E-state index contributed by atoms with van der Waals surface area (Å²) in [7, 11) is 1.88. The van der Waals surface area contributed by atoms with Gasteiger partial charge in [0.2, 0.25) is 5.91 Å². The van der Waals surface area contributed by atoms with E-state index in [-0.39, 0.29) is 5.91 Å². The van der Waals surface area contributed by atoms with Gasteiger partial charge in [-0.15, -0.1) is 0 Å². The summed E-state index contributed by atoms with van der Waals surface area (Å²) in [6.07, 6.45) is 8.56. The Bertz CT molecular complexity index is 656. The van der Waals surface area contributed by atoms with Gasteiger partial charge in [-0.1, -0.05) is 19.3 Å². The molecular weight excluding hydrogens is 264 g/mol. The Labute approximate surface area is 124 Å². The van der Waals surface area contributed by atoms with Crippen molar-refractivity contribution < 1.29 is 4.79 Å². The van der Waals surface area contributed by atoms with Crippen LogP contribution in [0.25, 0.3) is 11.0 Å². The van der Waals surface area contributed by atoms with E-state index in [1.165, 1.54) is 32.1 Å². The molecule has 1 fully saturated rings. The predicted molar refractivity (Wildman–Crippen MR) is 83.1 cm³/mol. The lowest BCUT2D eigenvalue weighted by atomic mass is 9.87. The zero-order chi connectivity index (χ0) is 14.8. The number of fused-ring (bicyclic) bond motifs is 1. The van der Waals surface area contributed by atoms with E-state index in [9.17, 15) is 4.79 Å². The molecule has 1 amide bonds. The maximum absolute atomic E-state index is 12.1. The topological polar surface area (TPSA) is 59.8 Å². The second-order valence-electron chi connectivity index (χ2n) is 6.06. The molecule has 0 bridgehead atoms. The van der Waals surface area contributed by atoms with Crippen LogP contribution < -0.4 is 5.32 Å². The molecule has 3 rings (SSSR count). The molecular formula is C16H22N4O. The zero-order valence-corrected chi connectivity index (χ0v) is 12.7. The van der Waals surface area contributed by atoms with Gasteiger partial charge in [0.05, 0.1) is 17.6 Å². The number of hydrogen-bond acceptors (Lipinski definition) is 3. The van der Waals surface area contributed by atoms with E-state index in [0.717, 1.165) is 22.4 Å². The first kappa shape index (κ1) is 14.0. The highest BCUT2D eigenvalue weighted by Gasteiger charge is 2.17. The van der Waals surface area contributed by atoms with Crippen LogP contribution >= 0.6 is 0 Å². The molecule has 0 aliphatic heterocycles. The van der Waals surface area contributed by atoms with Crippen LogP contribution in [0.5, 0.6) is 0 Å². The summed E-state index contributed by atoms with van der Waals surface area (Å²) in [6.45, 7) is 1.96. The van der Waals surface area contributed by atoms with Crippen molar-refractivity contribution in [3.05, 3.63) is 18.0 Å². The Morgan fingerprint density at radius 1 is 1.38 bits per heavy atom. The summed E-state index contributed by atoms with van der Waals surface area (Å²) in [5, 5.41) is 8.32. The van der Waals surface area contributed by atoms with Crippen molar-refractivity contribution in [2.24, 2.45) is 13.0 Å². The molecule has 0 radical (unpaired) electrons. The lowest BCUT2D eigenvalue weighted by Crippen LogP contribution is -2.18. The third-order valence-corrected chi connectivity index (χ3v) is 4.35. The lowest BCUT2D eigenvalue weighted by Gasteiger charge is -2.20. The minimum atomic E-state index is 0.101. The Kier molecular flexibility index (Phi) is 3.90. The Hall–Kier alpha value is -1.91. The van der Waals surface area contributed by atoms with Gasteiger partial charge in [-0.3, -0.25) is 9.48 Å². The minimum absolute atomic E-state index is 0.101. The molecule has 1 aliphatic rings. The van der Waals surface area contributed by atoms with E-state index in [4.69, 9.17) is 0 Å². The number of hydrogen-bond donors (Lipinski definition) is 1. The smallest absolute Gasteiger partial charge is 0.224 e. The highest BCUT2D eigenvalue weighted by atomic mass is 16.1. The van der Waals surface area contributed by atoms with Crippen molar-refractivity contribution in [2.75, 3.05) is 5.32 Å². The van der Waals surface area contributed by atoms with Crippen LogP contribution in [0.3, 0.4) is 0 Å². The molecule has 5 heteroatoms. The number of aryl methyl sites for hydroxylation is 2. The molecule has 5 nitrogen and oxygen atoms in total. The van der Waals surface area contributed by atoms with Gasteiger partial charge in [0, 0.05) is 18.9 Å². The first-order valence-electron chi connectivity index (χ1n) is 7.72. The second-order valence-corrected chi connectivity index (χ2v) is 6.06. The number of carbonyl (C=O) groups is 1. The third kappa shape index (κ3) is 3.06. The first-order chi connectivity index (χ1) is 10.1. The Morgan fingerprint density at radius 3 is 2.90 bits per heavy atom. The summed E-state index contributed by atoms with van der Waals surface area (Å²) in [5.74, 6) is 0.653. The van der Waals surface area contributed by atoms with Gasteiger partial charge < -0.3 is 5.32 Å². The van der Waals surface area contributed by atoms with E-state index in [0.29, 0.717) is 12.3 Å². The van der Waals surface area contributed by atoms with Crippen molar-refractivity contribution in [3.63, 3.8) is 0 Å². The largest absolute Gasteiger partial charge is 0.325 e. The molecule has 0 aromatic carbocycles. The standard InChI is InChI=1S/C16H22N4O/c1-11-14-9-13(10-17-16(14)20(2)19-11)18-15(21)8-12-6-4-3-5-7-12/h9-10,12H,3-8H2,1-2H3,(H,18,21). The lowest BCUT2D eigenvalue weighted by molar-refractivity contribution is -0.117. The summed E-state index contributed by atoms with van der Waals surface area (Å²) in [6, 6.07) is 1.96. The molecule has 0 atom stereocenters. The van der Waals surface area contributed by atoms with Gasteiger partial charge in [-0.2, -0.15) is 5.10 Å². The van der Waals surface area contributed by atoms with Crippen LogP contribution in [0.15, 0.2) is 12.3 Å². The predicted octanol–water partition coefficient (Wildman–Crippen LogP) is 3.19. The summed E-state index contributed by atoms with van der Waals surface area (Å²) < 4.78 is 1.76. The SMILES string of the molecule is Cc1nn(C)c2ncc(NC(=O)CC3CCCCC3)cc12. The third-order valence-electron chi connectivity index (χ3n) is 4.35. The van der Waals surface area contributed by atoms with Crippen LogP contribution in [0.2, 0.25) is 0 Å². The fraction of sp³-hybridized carbons (Fsp3) is 0.562. The number of carbonyl (C=O) groups excluding carboxylic acids is 1. The van der Waals surface area contributed by atoms with Gasteiger partial charge in [0.15, 0.2) is 5.65 Å². The summed E-state index contributed by atoms with van der Waals surface area (Å²) in [4.78, 5) is 16.5. The monoisotopic (exact) mass is 286 g/mol. The van der Waals surface area contributed by atoms with Crippen LogP contribution in [0.1, 0.15) is 44.2 Å². The average molecular weight is 286 g/mol. The van der Waals surface area contributed by atoms with E-state index in [1.807, 2.05) is 20.0 Å². The van der Waals surface area contributed by atoms with Gasteiger partial charge in [-0.05, 0) is 31.7 Å². The normalized spacial score (nSPS) is 16.3. The molecule has 112 valence electrons. The number of anilines is 1. The highest BCUT2D eigenvalue weighted by Crippen LogP contribution is 2.27. The summed E-state index contributed by atoms with van der Waals surface area (Å²) >= 11 is 0. The number of pyridine rings is 1. The van der Waals surface area contributed by atoms with Crippen molar-refractivity contribution in [2.45, 2.75) is 45.4 Å². The minimum Gasteiger partial charge on any atom is -0.325 e.